The molecular weight excluding hydrogens is 176 g/mol. The Morgan fingerprint density at radius 3 is 2.17 bits per heavy atom. The van der Waals surface area contributed by atoms with E-state index in [9.17, 15) is 0 Å². The molecule has 72 valence electrons. The van der Waals surface area contributed by atoms with Crippen molar-refractivity contribution in [2.75, 3.05) is 27.9 Å². The van der Waals surface area contributed by atoms with Gasteiger partial charge in [-0.3, -0.25) is 0 Å². The van der Waals surface area contributed by atoms with Gasteiger partial charge in [0, 0.05) is 31.6 Å². The van der Waals surface area contributed by atoms with Gasteiger partial charge < -0.3 is 18.9 Å². The van der Waals surface area contributed by atoms with Gasteiger partial charge in [0.05, 0.1) is 6.26 Å². The van der Waals surface area contributed by atoms with E-state index in [0.717, 1.165) is 10.2 Å². The third-order valence-electron chi connectivity index (χ3n) is 1.33. The summed E-state index contributed by atoms with van der Waals surface area (Å²) in [5.41, 5.74) is 1.88. The molecule has 0 heterocycles. The second kappa shape index (κ2) is 6.19. The van der Waals surface area contributed by atoms with E-state index >= 15 is 0 Å². The van der Waals surface area contributed by atoms with Gasteiger partial charge in [0.1, 0.15) is 6.61 Å². The molecule has 5 heteroatoms. The van der Waals surface area contributed by atoms with E-state index in [0.29, 0.717) is 0 Å². The van der Waals surface area contributed by atoms with Crippen molar-refractivity contribution in [1.29, 1.82) is 0 Å². The predicted octanol–water partition coefficient (Wildman–Crippen LogP) is -0.567. The Bertz CT molecular complexity index is 133. The number of hydrogen-bond donors (Lipinski definition) is 0. The molecule has 0 aromatic heterocycles. The van der Waals surface area contributed by atoms with Crippen molar-refractivity contribution in [2.24, 2.45) is 0 Å². The molecule has 0 bridgehead atoms. The van der Waals surface area contributed by atoms with E-state index in [2.05, 4.69) is 0 Å². The molecule has 0 atom stereocenters. The molecule has 0 aromatic carbocycles. The Labute approximate surface area is 75.9 Å². The second-order valence-electron chi connectivity index (χ2n) is 2.11. The lowest BCUT2D eigenvalue weighted by atomic mass is 10.6. The van der Waals surface area contributed by atoms with Crippen LogP contribution < -0.4 is 0 Å². The van der Waals surface area contributed by atoms with Gasteiger partial charge in [-0.15, -0.1) is 0 Å². The summed E-state index contributed by atoms with van der Waals surface area (Å²) >= 11 is 0. The zero-order chi connectivity index (χ0) is 9.45. The number of ether oxygens (including phenoxy) is 4. The Morgan fingerprint density at radius 1 is 1.25 bits per heavy atom. The van der Waals surface area contributed by atoms with E-state index < -0.39 is 5.97 Å². The van der Waals surface area contributed by atoms with Crippen LogP contribution in [0.2, 0.25) is 0 Å². The van der Waals surface area contributed by atoms with Crippen LogP contribution in [-0.2, 0) is 18.9 Å². The molecule has 4 nitrogen and oxygen atoms in total. The highest BCUT2D eigenvalue weighted by atomic mass is 28.1. The zero-order valence-electron chi connectivity index (χ0n) is 7.99. The average molecular weight is 192 g/mol. The van der Waals surface area contributed by atoms with Crippen LogP contribution in [0.4, 0.5) is 0 Å². The Kier molecular flexibility index (Phi) is 6.00. The SMILES string of the molecule is COCC(OC)(OC)OC=C[SiH3]. The van der Waals surface area contributed by atoms with Crippen molar-refractivity contribution in [1.82, 2.24) is 0 Å². The second-order valence-corrected chi connectivity index (χ2v) is 2.78. The van der Waals surface area contributed by atoms with E-state index in [4.69, 9.17) is 18.9 Å². The highest BCUT2D eigenvalue weighted by Crippen LogP contribution is 2.13. The minimum absolute atomic E-state index is 0.228. The molecular formula is C7H16O4Si. The molecule has 0 aliphatic carbocycles. The first kappa shape index (κ1) is 11.6. The van der Waals surface area contributed by atoms with Gasteiger partial charge >= 0.3 is 5.97 Å². The maximum atomic E-state index is 5.20. The van der Waals surface area contributed by atoms with E-state index in [-0.39, 0.29) is 6.61 Å². The van der Waals surface area contributed by atoms with Crippen LogP contribution in [0.1, 0.15) is 0 Å². The van der Waals surface area contributed by atoms with Crippen LogP contribution in [0.15, 0.2) is 12.0 Å². The summed E-state index contributed by atoms with van der Waals surface area (Å²) < 4.78 is 20.1. The Morgan fingerprint density at radius 2 is 1.83 bits per heavy atom. The average Bonchev–Trinajstić information content (AvgIpc) is 2.13. The molecule has 0 unspecified atom stereocenters. The van der Waals surface area contributed by atoms with Gasteiger partial charge in [0.2, 0.25) is 0 Å². The summed E-state index contributed by atoms with van der Waals surface area (Å²) in [7, 11) is 5.50. The Hall–Kier alpha value is -0.363. The number of methoxy groups -OCH3 is 3. The van der Waals surface area contributed by atoms with Gasteiger partial charge in [0.15, 0.2) is 0 Å². The van der Waals surface area contributed by atoms with Crippen molar-refractivity contribution < 1.29 is 18.9 Å². The number of rotatable bonds is 6. The fourth-order valence-corrected chi connectivity index (χ4v) is 0.816. The molecule has 0 fully saturated rings. The molecule has 0 radical (unpaired) electrons. The van der Waals surface area contributed by atoms with Crippen molar-refractivity contribution in [3.63, 3.8) is 0 Å². The van der Waals surface area contributed by atoms with Crippen LogP contribution >= 0.6 is 0 Å². The standard InChI is InChI=1S/C7H16O4Si/c1-8-6-7(9-2,10-3)11-4-5-12/h4-5H,6H2,1-3,12H3. The van der Waals surface area contributed by atoms with Crippen molar-refractivity contribution >= 4 is 10.2 Å². The monoisotopic (exact) mass is 192 g/mol. The predicted molar refractivity (Wildman–Crippen MR) is 48.8 cm³/mol. The molecule has 0 aliphatic heterocycles. The summed E-state index contributed by atoms with van der Waals surface area (Å²) in [5.74, 6) is -1.10. The lowest BCUT2D eigenvalue weighted by Crippen LogP contribution is -2.40. The van der Waals surface area contributed by atoms with Crippen LogP contribution in [0.3, 0.4) is 0 Å². The van der Waals surface area contributed by atoms with Crippen LogP contribution in [0.5, 0.6) is 0 Å². The summed E-state index contributed by atoms with van der Waals surface area (Å²) in [6.07, 6.45) is 1.55. The molecule has 0 saturated heterocycles. The molecule has 0 aliphatic rings. The summed E-state index contributed by atoms with van der Waals surface area (Å²) in [4.78, 5) is 0. The Balaban J connectivity index is 4.13. The molecule has 12 heavy (non-hydrogen) atoms. The third kappa shape index (κ3) is 3.36. The van der Waals surface area contributed by atoms with E-state index in [1.165, 1.54) is 14.2 Å². The maximum absolute atomic E-state index is 5.20. The first-order chi connectivity index (χ1) is 5.74. The summed E-state index contributed by atoms with van der Waals surface area (Å²) in [6, 6.07) is 0. The van der Waals surface area contributed by atoms with Gasteiger partial charge in [-0.2, -0.15) is 0 Å². The first-order valence-corrected chi connectivity index (χ1v) is 4.78. The topological polar surface area (TPSA) is 36.9 Å². The van der Waals surface area contributed by atoms with Gasteiger partial charge in [-0.05, 0) is 0 Å². The third-order valence-corrected chi connectivity index (χ3v) is 1.60. The first-order valence-electron chi connectivity index (χ1n) is 3.63. The largest absolute Gasteiger partial charge is 0.446 e. The lowest BCUT2D eigenvalue weighted by Gasteiger charge is -2.28. The van der Waals surface area contributed by atoms with Gasteiger partial charge in [-0.1, -0.05) is 5.70 Å². The van der Waals surface area contributed by atoms with Gasteiger partial charge in [-0.25, -0.2) is 0 Å². The normalized spacial score (nSPS) is 12.6. The smallest absolute Gasteiger partial charge is 0.350 e. The van der Waals surface area contributed by atoms with Crippen molar-refractivity contribution in [2.45, 2.75) is 5.97 Å². The quantitative estimate of drug-likeness (QED) is 0.321. The van der Waals surface area contributed by atoms with E-state index in [1.54, 1.807) is 13.4 Å². The molecule has 0 amide bonds. The molecule has 0 spiro atoms. The number of hydrogen-bond acceptors (Lipinski definition) is 4. The molecule has 0 N–H and O–H groups in total. The minimum Gasteiger partial charge on any atom is -0.446 e. The molecule has 0 saturated carbocycles. The molecule has 0 rings (SSSR count). The summed E-state index contributed by atoms with van der Waals surface area (Å²) in [6.45, 7) is 0.228. The zero-order valence-corrected chi connectivity index (χ0v) is 9.99. The van der Waals surface area contributed by atoms with Crippen molar-refractivity contribution in [3.05, 3.63) is 12.0 Å². The fourth-order valence-electron chi connectivity index (χ4n) is 0.680. The minimum atomic E-state index is -1.10. The van der Waals surface area contributed by atoms with Crippen LogP contribution in [-0.4, -0.2) is 44.2 Å². The maximum Gasteiger partial charge on any atom is 0.350 e. The summed E-state index contributed by atoms with van der Waals surface area (Å²) in [5, 5.41) is 0. The lowest BCUT2D eigenvalue weighted by molar-refractivity contribution is -0.356. The highest BCUT2D eigenvalue weighted by molar-refractivity contribution is 6.16. The fraction of sp³-hybridized carbons (Fsp3) is 0.714. The van der Waals surface area contributed by atoms with Crippen LogP contribution in [0.25, 0.3) is 0 Å². The van der Waals surface area contributed by atoms with Crippen LogP contribution in [0, 0.1) is 0 Å². The highest BCUT2D eigenvalue weighted by Gasteiger charge is 2.30. The molecule has 0 aromatic rings. The van der Waals surface area contributed by atoms with Crippen molar-refractivity contribution in [3.8, 4) is 0 Å². The van der Waals surface area contributed by atoms with Gasteiger partial charge in [0.25, 0.3) is 0 Å². The van der Waals surface area contributed by atoms with E-state index in [1.807, 2.05) is 5.70 Å².